The molecule has 1 aromatic carbocycles. The number of benzene rings is 1. The molecule has 120 valence electrons. The van der Waals surface area contributed by atoms with Crippen LogP contribution >= 0.6 is 0 Å². The first kappa shape index (κ1) is 14.5. The van der Waals surface area contributed by atoms with Gasteiger partial charge in [-0.1, -0.05) is 30.3 Å². The summed E-state index contributed by atoms with van der Waals surface area (Å²) in [5.41, 5.74) is 9.42. The Morgan fingerprint density at radius 1 is 1.12 bits per heavy atom. The molecule has 0 amide bonds. The minimum atomic E-state index is -0.221. The highest BCUT2D eigenvalue weighted by Crippen LogP contribution is 2.23. The van der Waals surface area contributed by atoms with Crippen molar-refractivity contribution in [2.45, 2.75) is 19.5 Å². The van der Waals surface area contributed by atoms with Crippen LogP contribution in [0.1, 0.15) is 24.2 Å². The SMILES string of the molecule is CC(N)c1ncnc2c1nc(-n1cccn1)n2Cc1ccccc1. The average molecular weight is 319 g/mol. The molecule has 0 fully saturated rings. The van der Waals surface area contributed by atoms with Crippen LogP contribution in [0.3, 0.4) is 0 Å². The number of nitrogens with two attached hydrogens (primary N) is 1. The highest BCUT2D eigenvalue weighted by molar-refractivity contribution is 5.76. The molecule has 1 unspecified atom stereocenters. The Morgan fingerprint density at radius 2 is 1.96 bits per heavy atom. The van der Waals surface area contributed by atoms with Crippen molar-refractivity contribution in [1.29, 1.82) is 0 Å². The lowest BCUT2D eigenvalue weighted by atomic mass is 10.2. The molecule has 24 heavy (non-hydrogen) atoms. The Bertz CT molecular complexity index is 955. The van der Waals surface area contributed by atoms with E-state index < -0.39 is 0 Å². The third-order valence-electron chi connectivity index (χ3n) is 3.86. The molecule has 1 atom stereocenters. The van der Waals surface area contributed by atoms with Gasteiger partial charge in [0.25, 0.3) is 0 Å². The van der Waals surface area contributed by atoms with Crippen molar-refractivity contribution in [3.8, 4) is 5.95 Å². The fourth-order valence-corrected chi connectivity index (χ4v) is 2.75. The second-order valence-electron chi connectivity index (χ2n) is 5.65. The minimum absolute atomic E-state index is 0.221. The summed E-state index contributed by atoms with van der Waals surface area (Å²) in [4.78, 5) is 13.5. The molecule has 0 saturated heterocycles. The van der Waals surface area contributed by atoms with Gasteiger partial charge in [0.2, 0.25) is 5.95 Å². The van der Waals surface area contributed by atoms with Crippen LogP contribution in [0.5, 0.6) is 0 Å². The molecule has 3 heterocycles. The van der Waals surface area contributed by atoms with Crippen molar-refractivity contribution >= 4 is 11.2 Å². The molecule has 0 spiro atoms. The number of nitrogens with zero attached hydrogens (tertiary/aromatic N) is 6. The van der Waals surface area contributed by atoms with E-state index in [-0.39, 0.29) is 6.04 Å². The quantitative estimate of drug-likeness (QED) is 0.622. The number of imidazole rings is 1. The molecule has 4 aromatic rings. The summed E-state index contributed by atoms with van der Waals surface area (Å²) in [6.07, 6.45) is 5.13. The van der Waals surface area contributed by atoms with Crippen molar-refractivity contribution < 1.29 is 0 Å². The van der Waals surface area contributed by atoms with Crippen molar-refractivity contribution in [2.75, 3.05) is 0 Å². The Kier molecular flexibility index (Phi) is 3.55. The van der Waals surface area contributed by atoms with E-state index in [9.17, 15) is 0 Å². The van der Waals surface area contributed by atoms with Gasteiger partial charge >= 0.3 is 0 Å². The van der Waals surface area contributed by atoms with Gasteiger partial charge in [0.1, 0.15) is 11.8 Å². The van der Waals surface area contributed by atoms with Crippen LogP contribution < -0.4 is 5.73 Å². The maximum Gasteiger partial charge on any atom is 0.233 e. The molecular formula is C17H17N7. The first-order chi connectivity index (χ1) is 11.7. The summed E-state index contributed by atoms with van der Waals surface area (Å²) in [7, 11) is 0. The van der Waals surface area contributed by atoms with Crippen molar-refractivity contribution in [1.82, 2.24) is 29.3 Å². The molecule has 0 bridgehead atoms. The number of rotatable bonds is 4. The van der Waals surface area contributed by atoms with Gasteiger partial charge in [-0.15, -0.1) is 0 Å². The van der Waals surface area contributed by atoms with Crippen LogP contribution in [0.25, 0.3) is 17.1 Å². The van der Waals surface area contributed by atoms with Crippen LogP contribution in [-0.4, -0.2) is 29.3 Å². The van der Waals surface area contributed by atoms with E-state index in [1.165, 1.54) is 6.33 Å². The molecular weight excluding hydrogens is 302 g/mol. The van der Waals surface area contributed by atoms with Gasteiger partial charge in [0.15, 0.2) is 5.65 Å². The van der Waals surface area contributed by atoms with E-state index in [1.807, 2.05) is 42.0 Å². The largest absolute Gasteiger partial charge is 0.323 e. The fraction of sp³-hybridized carbons (Fsp3) is 0.176. The lowest BCUT2D eigenvalue weighted by Crippen LogP contribution is -2.10. The van der Waals surface area contributed by atoms with Crippen LogP contribution in [0.2, 0.25) is 0 Å². The maximum absolute atomic E-state index is 6.05. The third-order valence-corrected chi connectivity index (χ3v) is 3.86. The van der Waals surface area contributed by atoms with E-state index in [4.69, 9.17) is 10.7 Å². The summed E-state index contributed by atoms with van der Waals surface area (Å²) in [6.45, 7) is 2.54. The molecule has 0 aliphatic rings. The fourth-order valence-electron chi connectivity index (χ4n) is 2.75. The number of aromatic nitrogens is 6. The topological polar surface area (TPSA) is 87.4 Å². The van der Waals surface area contributed by atoms with Crippen molar-refractivity contribution in [3.63, 3.8) is 0 Å². The molecule has 0 aliphatic heterocycles. The Morgan fingerprint density at radius 3 is 2.67 bits per heavy atom. The van der Waals surface area contributed by atoms with Gasteiger partial charge in [0.05, 0.1) is 12.2 Å². The second-order valence-corrected chi connectivity index (χ2v) is 5.65. The molecule has 0 radical (unpaired) electrons. The summed E-state index contributed by atoms with van der Waals surface area (Å²) in [5.74, 6) is 0.696. The number of fused-ring (bicyclic) bond motifs is 1. The number of hydrogen-bond acceptors (Lipinski definition) is 5. The van der Waals surface area contributed by atoms with Gasteiger partial charge in [-0.25, -0.2) is 19.6 Å². The minimum Gasteiger partial charge on any atom is -0.323 e. The Hall–Kier alpha value is -3.06. The van der Waals surface area contributed by atoms with E-state index in [0.29, 0.717) is 18.0 Å². The van der Waals surface area contributed by atoms with Gasteiger partial charge in [-0.2, -0.15) is 5.10 Å². The summed E-state index contributed by atoms with van der Waals surface area (Å²) in [5, 5.41) is 4.31. The first-order valence-electron chi connectivity index (χ1n) is 7.74. The summed E-state index contributed by atoms with van der Waals surface area (Å²) in [6, 6.07) is 11.8. The third kappa shape index (κ3) is 2.44. The zero-order valence-electron chi connectivity index (χ0n) is 13.2. The molecule has 4 rings (SSSR count). The Balaban J connectivity index is 1.95. The van der Waals surface area contributed by atoms with Crippen LogP contribution in [0.4, 0.5) is 0 Å². The zero-order valence-corrected chi connectivity index (χ0v) is 13.2. The Labute approximate surface area is 138 Å². The van der Waals surface area contributed by atoms with Crippen LogP contribution in [0, 0.1) is 0 Å². The number of hydrogen-bond donors (Lipinski definition) is 1. The zero-order chi connectivity index (χ0) is 16.5. The molecule has 0 aliphatic carbocycles. The summed E-state index contributed by atoms with van der Waals surface area (Å²) >= 11 is 0. The smallest absolute Gasteiger partial charge is 0.233 e. The first-order valence-corrected chi connectivity index (χ1v) is 7.74. The van der Waals surface area contributed by atoms with Crippen molar-refractivity contribution in [3.05, 3.63) is 66.4 Å². The van der Waals surface area contributed by atoms with Crippen LogP contribution in [0.15, 0.2) is 55.1 Å². The molecule has 2 N–H and O–H groups in total. The van der Waals surface area contributed by atoms with E-state index in [0.717, 1.165) is 16.9 Å². The van der Waals surface area contributed by atoms with E-state index >= 15 is 0 Å². The normalized spacial score (nSPS) is 12.6. The van der Waals surface area contributed by atoms with Gasteiger partial charge < -0.3 is 5.73 Å². The molecule has 0 saturated carbocycles. The standard InChI is InChI=1S/C17H17N7/c1-12(18)14-15-16(20-11-19-14)23(10-13-6-3-2-4-7-13)17(22-15)24-9-5-8-21-24/h2-9,11-12H,10,18H2,1H3. The van der Waals surface area contributed by atoms with Gasteiger partial charge in [0, 0.05) is 18.4 Å². The highest BCUT2D eigenvalue weighted by atomic mass is 15.4. The van der Waals surface area contributed by atoms with Crippen LogP contribution in [-0.2, 0) is 6.54 Å². The second kappa shape index (κ2) is 5.86. The maximum atomic E-state index is 6.05. The van der Waals surface area contributed by atoms with Crippen molar-refractivity contribution in [2.24, 2.45) is 5.73 Å². The molecule has 3 aromatic heterocycles. The van der Waals surface area contributed by atoms with E-state index in [2.05, 4.69) is 27.2 Å². The average Bonchev–Trinajstić information content (AvgIpc) is 3.23. The predicted octanol–water partition coefficient (Wildman–Crippen LogP) is 2.08. The monoisotopic (exact) mass is 319 g/mol. The molecule has 7 nitrogen and oxygen atoms in total. The lowest BCUT2D eigenvalue weighted by molar-refractivity contribution is 0.715. The summed E-state index contributed by atoms with van der Waals surface area (Å²) < 4.78 is 3.76. The van der Waals surface area contributed by atoms with Gasteiger partial charge in [-0.05, 0) is 18.6 Å². The van der Waals surface area contributed by atoms with Gasteiger partial charge in [-0.3, -0.25) is 4.57 Å². The van der Waals surface area contributed by atoms with E-state index in [1.54, 1.807) is 10.9 Å². The predicted molar refractivity (Wildman–Crippen MR) is 90.6 cm³/mol. The lowest BCUT2D eigenvalue weighted by Gasteiger charge is -2.09. The highest BCUT2D eigenvalue weighted by Gasteiger charge is 2.19. The molecule has 7 heteroatoms.